The van der Waals surface area contributed by atoms with E-state index in [4.69, 9.17) is 0 Å². The maximum Gasteiger partial charge on any atom is 0.321 e. The fourth-order valence-electron chi connectivity index (χ4n) is 3.46. The van der Waals surface area contributed by atoms with Gasteiger partial charge in [0.25, 0.3) is 0 Å². The molecule has 5 heteroatoms. The van der Waals surface area contributed by atoms with Gasteiger partial charge < -0.3 is 15.1 Å². The first-order valence-electron chi connectivity index (χ1n) is 8.29. The summed E-state index contributed by atoms with van der Waals surface area (Å²) in [4.78, 5) is 17.9. The van der Waals surface area contributed by atoms with E-state index in [1.54, 1.807) is 11.8 Å². The maximum atomic E-state index is 12.4. The minimum atomic E-state index is -0.00279. The normalized spacial score (nSPS) is 16.7. The molecule has 0 aromatic heterocycles. The molecule has 2 aromatic carbocycles. The fraction of sp³-hybridized carbons (Fsp3) is 0.316. The number of hydrogen-bond donors (Lipinski definition) is 1. The smallest absolute Gasteiger partial charge is 0.321 e. The van der Waals surface area contributed by atoms with Crippen molar-refractivity contribution in [2.24, 2.45) is 0 Å². The fourth-order valence-corrected chi connectivity index (χ4v) is 3.92. The van der Waals surface area contributed by atoms with E-state index in [0.29, 0.717) is 6.04 Å². The molecule has 0 atom stereocenters. The number of para-hydroxylation sites is 1. The molecule has 4 nitrogen and oxygen atoms in total. The summed E-state index contributed by atoms with van der Waals surface area (Å²) in [5.74, 6) is 0. The van der Waals surface area contributed by atoms with Crippen LogP contribution in [0.2, 0.25) is 0 Å². The number of likely N-dealkylation sites (tertiary alicyclic amines) is 1. The number of carbonyl (C=O) groups is 1. The van der Waals surface area contributed by atoms with Crippen LogP contribution < -0.4 is 10.2 Å². The van der Waals surface area contributed by atoms with Crippen LogP contribution in [0.3, 0.4) is 0 Å². The number of hydrogen-bond acceptors (Lipinski definition) is 3. The van der Waals surface area contributed by atoms with Gasteiger partial charge in [-0.3, -0.25) is 0 Å². The lowest BCUT2D eigenvalue weighted by atomic mass is 10.1. The van der Waals surface area contributed by atoms with E-state index in [-0.39, 0.29) is 6.03 Å². The largest absolute Gasteiger partial charge is 0.364 e. The Labute approximate surface area is 146 Å². The number of fused-ring (bicyclic) bond motifs is 1. The molecule has 124 valence electrons. The Balaban J connectivity index is 1.35. The Morgan fingerprint density at radius 2 is 2.00 bits per heavy atom. The van der Waals surface area contributed by atoms with Crippen LogP contribution >= 0.6 is 11.8 Å². The van der Waals surface area contributed by atoms with Crippen molar-refractivity contribution < 1.29 is 4.79 Å². The predicted octanol–water partition coefficient (Wildman–Crippen LogP) is 3.69. The minimum absolute atomic E-state index is 0.00279. The molecule has 2 aromatic rings. The Bertz CT molecular complexity index is 758. The zero-order valence-corrected chi connectivity index (χ0v) is 14.6. The van der Waals surface area contributed by atoms with Crippen LogP contribution in [0, 0.1) is 0 Å². The summed E-state index contributed by atoms with van der Waals surface area (Å²) in [6.45, 7) is 2.65. The van der Waals surface area contributed by atoms with Crippen LogP contribution in [-0.4, -0.2) is 42.9 Å². The lowest BCUT2D eigenvalue weighted by molar-refractivity contribution is 0.162. The summed E-state index contributed by atoms with van der Waals surface area (Å²) in [6.07, 6.45) is 3.15. The van der Waals surface area contributed by atoms with Gasteiger partial charge in [-0.05, 0) is 42.5 Å². The van der Waals surface area contributed by atoms with Crippen molar-refractivity contribution in [2.75, 3.05) is 36.1 Å². The van der Waals surface area contributed by atoms with Crippen LogP contribution in [0.5, 0.6) is 0 Å². The third kappa shape index (κ3) is 2.84. The highest BCUT2D eigenvalue weighted by molar-refractivity contribution is 7.98. The quantitative estimate of drug-likeness (QED) is 0.867. The van der Waals surface area contributed by atoms with Gasteiger partial charge in [-0.25, -0.2) is 4.79 Å². The summed E-state index contributed by atoms with van der Waals surface area (Å²) < 4.78 is 0. The topological polar surface area (TPSA) is 35.6 Å². The van der Waals surface area contributed by atoms with Crippen LogP contribution in [-0.2, 0) is 6.42 Å². The third-order valence-corrected chi connectivity index (χ3v) is 5.56. The number of benzene rings is 2. The average Bonchev–Trinajstić information content (AvgIpc) is 2.98. The van der Waals surface area contributed by atoms with Crippen molar-refractivity contribution in [1.29, 1.82) is 0 Å². The standard InChI is InChI=1S/C19H21N3OS/c1-24-17-7-4-6-15(11-17)20-19(23)21-12-16(13-21)22-10-9-14-5-2-3-8-18(14)22/h2-8,11,16H,9-10,12-13H2,1H3,(H,20,23). The lowest BCUT2D eigenvalue weighted by Gasteiger charge is -2.45. The van der Waals surface area contributed by atoms with E-state index in [9.17, 15) is 4.79 Å². The Morgan fingerprint density at radius 3 is 2.83 bits per heavy atom. The lowest BCUT2D eigenvalue weighted by Crippen LogP contribution is -2.61. The Hall–Kier alpha value is -2.14. The predicted molar refractivity (Wildman–Crippen MR) is 100 cm³/mol. The molecule has 0 saturated carbocycles. The van der Waals surface area contributed by atoms with Crippen molar-refractivity contribution in [3.05, 3.63) is 54.1 Å². The number of urea groups is 1. The van der Waals surface area contributed by atoms with Gasteiger partial charge in [-0.15, -0.1) is 11.8 Å². The molecular weight excluding hydrogens is 318 g/mol. The highest BCUT2D eigenvalue weighted by Crippen LogP contribution is 2.32. The first kappa shape index (κ1) is 15.4. The van der Waals surface area contributed by atoms with Gasteiger partial charge in [0.2, 0.25) is 0 Å². The van der Waals surface area contributed by atoms with Crippen LogP contribution in [0.1, 0.15) is 5.56 Å². The molecule has 2 aliphatic rings. The van der Waals surface area contributed by atoms with E-state index in [0.717, 1.165) is 36.6 Å². The van der Waals surface area contributed by atoms with Gasteiger partial charge in [0.05, 0.1) is 6.04 Å². The molecule has 1 saturated heterocycles. The molecule has 2 amide bonds. The van der Waals surface area contributed by atoms with Crippen molar-refractivity contribution in [2.45, 2.75) is 17.4 Å². The van der Waals surface area contributed by atoms with E-state index in [1.807, 2.05) is 35.4 Å². The van der Waals surface area contributed by atoms with Gasteiger partial charge in [-0.2, -0.15) is 0 Å². The van der Waals surface area contributed by atoms with Crippen molar-refractivity contribution in [3.8, 4) is 0 Å². The van der Waals surface area contributed by atoms with Crippen LogP contribution in [0.4, 0.5) is 16.2 Å². The summed E-state index contributed by atoms with van der Waals surface area (Å²) in [6, 6.07) is 17.0. The third-order valence-electron chi connectivity index (χ3n) is 4.83. The highest BCUT2D eigenvalue weighted by Gasteiger charge is 2.37. The zero-order valence-electron chi connectivity index (χ0n) is 13.7. The summed E-state index contributed by atoms with van der Waals surface area (Å²) in [5.41, 5.74) is 3.63. The molecule has 2 heterocycles. The van der Waals surface area contributed by atoms with E-state index < -0.39 is 0 Å². The van der Waals surface area contributed by atoms with Gasteiger partial charge >= 0.3 is 6.03 Å². The molecule has 4 rings (SSSR count). The van der Waals surface area contributed by atoms with Gasteiger partial charge in [0, 0.05) is 35.9 Å². The van der Waals surface area contributed by atoms with Gasteiger partial charge in [-0.1, -0.05) is 24.3 Å². The van der Waals surface area contributed by atoms with Gasteiger partial charge in [0.15, 0.2) is 0 Å². The zero-order chi connectivity index (χ0) is 16.5. The number of amides is 2. The molecule has 0 bridgehead atoms. The van der Waals surface area contributed by atoms with Crippen molar-refractivity contribution in [1.82, 2.24) is 4.90 Å². The summed E-state index contributed by atoms with van der Waals surface area (Å²) in [5, 5.41) is 3.00. The highest BCUT2D eigenvalue weighted by atomic mass is 32.2. The Morgan fingerprint density at radius 1 is 1.17 bits per heavy atom. The second-order valence-electron chi connectivity index (χ2n) is 6.29. The molecule has 2 aliphatic heterocycles. The van der Waals surface area contributed by atoms with Crippen LogP contribution in [0.15, 0.2) is 53.4 Å². The molecule has 0 spiro atoms. The van der Waals surface area contributed by atoms with Crippen LogP contribution in [0.25, 0.3) is 0 Å². The second-order valence-corrected chi connectivity index (χ2v) is 7.17. The minimum Gasteiger partial charge on any atom is -0.364 e. The monoisotopic (exact) mass is 339 g/mol. The molecule has 0 aliphatic carbocycles. The molecular formula is C19H21N3OS. The summed E-state index contributed by atoms with van der Waals surface area (Å²) >= 11 is 1.68. The average molecular weight is 339 g/mol. The first-order valence-corrected chi connectivity index (χ1v) is 9.51. The number of thioether (sulfide) groups is 1. The van der Waals surface area contributed by atoms with Crippen molar-refractivity contribution in [3.63, 3.8) is 0 Å². The van der Waals surface area contributed by atoms with E-state index in [2.05, 4.69) is 34.5 Å². The van der Waals surface area contributed by atoms with E-state index >= 15 is 0 Å². The van der Waals surface area contributed by atoms with Crippen molar-refractivity contribution >= 4 is 29.2 Å². The molecule has 24 heavy (non-hydrogen) atoms. The second kappa shape index (κ2) is 6.40. The number of anilines is 2. The molecule has 1 fully saturated rings. The SMILES string of the molecule is CSc1cccc(NC(=O)N2CC(N3CCc4ccccc43)C2)c1. The number of rotatable bonds is 3. The molecule has 0 unspecified atom stereocenters. The molecule has 1 N–H and O–H groups in total. The summed E-state index contributed by atoms with van der Waals surface area (Å²) in [7, 11) is 0. The van der Waals surface area contributed by atoms with Gasteiger partial charge in [0.1, 0.15) is 0 Å². The van der Waals surface area contributed by atoms with E-state index in [1.165, 1.54) is 11.3 Å². The number of carbonyl (C=O) groups excluding carboxylic acids is 1. The first-order chi connectivity index (χ1) is 11.7. The Kier molecular flexibility index (Phi) is 4.10. The maximum absolute atomic E-state index is 12.4. The number of nitrogens with zero attached hydrogens (tertiary/aromatic N) is 2. The molecule has 0 radical (unpaired) electrons. The number of nitrogens with one attached hydrogen (secondary N) is 1.